The van der Waals surface area contributed by atoms with Crippen LogP contribution in [-0.2, 0) is 25.9 Å². The monoisotopic (exact) mass is 714 g/mol. The second kappa shape index (κ2) is 15.8. The highest BCUT2D eigenvalue weighted by atomic mass is 32.2. The first-order valence-electron chi connectivity index (χ1n) is 16.5. The number of nitrogens with zero attached hydrogens (tertiary/aromatic N) is 5. The van der Waals surface area contributed by atoms with Gasteiger partial charge in [0.1, 0.15) is 0 Å². The lowest BCUT2D eigenvalue weighted by Gasteiger charge is -2.40. The van der Waals surface area contributed by atoms with Gasteiger partial charge in [0, 0.05) is 45.7 Å². The fourth-order valence-corrected chi connectivity index (χ4v) is 8.32. The van der Waals surface area contributed by atoms with Gasteiger partial charge in [0.25, 0.3) is 0 Å². The number of nitriles is 1. The van der Waals surface area contributed by atoms with Gasteiger partial charge in [-0.25, -0.2) is 13.2 Å². The number of carboxylic acid groups (broad SMARTS) is 1. The first-order chi connectivity index (χ1) is 23.8. The number of carbonyl (C=O) groups is 1. The summed E-state index contributed by atoms with van der Waals surface area (Å²) in [6, 6.07) is 11.9. The molecule has 15 nitrogen and oxygen atoms in total. The van der Waals surface area contributed by atoms with Crippen molar-refractivity contribution in [1.29, 1.82) is 5.26 Å². The molecule has 0 spiro atoms. The van der Waals surface area contributed by atoms with Crippen molar-refractivity contribution >= 4 is 22.1 Å². The predicted octanol–water partition coefficient (Wildman–Crippen LogP) is 2.52. The third-order valence-corrected chi connectivity index (χ3v) is 11.1. The Morgan fingerprint density at radius 3 is 2.58 bits per heavy atom. The minimum Gasteiger partial charge on any atom is -0.465 e. The maximum atomic E-state index is 14.5. The van der Waals surface area contributed by atoms with Gasteiger partial charge in [-0.15, -0.1) is 0 Å². The normalized spacial score (nSPS) is 21.4. The molecule has 2 fully saturated rings. The second-order valence-corrected chi connectivity index (χ2v) is 15.6. The van der Waals surface area contributed by atoms with E-state index in [-0.39, 0.29) is 49.5 Å². The van der Waals surface area contributed by atoms with Crippen LogP contribution in [0.15, 0.2) is 58.4 Å². The van der Waals surface area contributed by atoms with Crippen LogP contribution < -0.4 is 14.8 Å². The lowest BCUT2D eigenvalue weighted by molar-refractivity contribution is -0.0906. The summed E-state index contributed by atoms with van der Waals surface area (Å²) in [6.07, 6.45) is -0.170. The van der Waals surface area contributed by atoms with E-state index in [1.54, 1.807) is 19.0 Å². The molecule has 3 N–H and O–H groups in total. The Balaban J connectivity index is 1.48. The van der Waals surface area contributed by atoms with E-state index in [0.29, 0.717) is 31.2 Å². The second-order valence-electron chi connectivity index (χ2n) is 13.7. The summed E-state index contributed by atoms with van der Waals surface area (Å²) in [5.41, 5.74) is 0.109. The summed E-state index contributed by atoms with van der Waals surface area (Å²) in [5.74, 6) is 0.860. The number of hydrogen-bond acceptors (Lipinski definition) is 10. The number of sulfonamides is 1. The highest BCUT2D eigenvalue weighted by Gasteiger charge is 2.49. The van der Waals surface area contributed by atoms with Gasteiger partial charge in [0.2, 0.25) is 22.8 Å². The summed E-state index contributed by atoms with van der Waals surface area (Å²) >= 11 is 0. The van der Waals surface area contributed by atoms with Crippen molar-refractivity contribution in [1.82, 2.24) is 19.4 Å². The van der Waals surface area contributed by atoms with Gasteiger partial charge in [-0.3, -0.25) is 15.2 Å². The van der Waals surface area contributed by atoms with E-state index in [9.17, 15) is 23.4 Å². The SMILES string of the molecule is CN(C)C(=NCCC(C)(C)CN(C[C@@H](O)[C@H](Cc1ccccc1)N(C(=O)O)[C@H]1CO[C@H]2OCC[C@H]21)S(=O)(=O)c1ccc2c(c1)OCO2)NC#N. The number of aliphatic hydroxyl groups excluding tert-OH is 1. The number of guanidine groups is 1. The first kappa shape index (κ1) is 37.1. The molecule has 0 radical (unpaired) electrons. The number of amides is 1. The molecule has 50 heavy (non-hydrogen) atoms. The highest BCUT2D eigenvalue weighted by molar-refractivity contribution is 7.89. The summed E-state index contributed by atoms with van der Waals surface area (Å²) in [5, 5.41) is 34.4. The molecule has 3 aliphatic rings. The van der Waals surface area contributed by atoms with Crippen LogP contribution in [0.5, 0.6) is 11.5 Å². The van der Waals surface area contributed by atoms with Gasteiger partial charge < -0.3 is 34.1 Å². The van der Waals surface area contributed by atoms with Crippen molar-refractivity contribution < 1.29 is 42.4 Å². The van der Waals surface area contributed by atoms with E-state index < -0.39 is 52.6 Å². The molecule has 272 valence electrons. The van der Waals surface area contributed by atoms with Crippen LogP contribution in [0, 0.1) is 22.8 Å². The van der Waals surface area contributed by atoms with Crippen LogP contribution in [-0.4, -0.2) is 123 Å². The van der Waals surface area contributed by atoms with Crippen LogP contribution in [0.25, 0.3) is 0 Å². The quantitative estimate of drug-likeness (QED) is 0.113. The minimum absolute atomic E-state index is 0.0322. The Labute approximate surface area is 293 Å². The molecule has 3 aliphatic heterocycles. The number of fused-ring (bicyclic) bond motifs is 2. The molecule has 0 bridgehead atoms. The molecule has 0 unspecified atom stereocenters. The van der Waals surface area contributed by atoms with Gasteiger partial charge in [0.15, 0.2) is 24.0 Å². The average Bonchev–Trinajstić information content (AvgIpc) is 3.82. The summed E-state index contributed by atoms with van der Waals surface area (Å²) in [4.78, 5) is 20.4. The highest BCUT2D eigenvalue weighted by Crippen LogP contribution is 2.38. The van der Waals surface area contributed by atoms with Gasteiger partial charge >= 0.3 is 6.09 Å². The molecule has 0 saturated carbocycles. The van der Waals surface area contributed by atoms with Crippen LogP contribution >= 0.6 is 0 Å². The third-order valence-electron chi connectivity index (χ3n) is 9.29. The number of ether oxygens (including phenoxy) is 4. The predicted molar refractivity (Wildman–Crippen MR) is 182 cm³/mol. The van der Waals surface area contributed by atoms with E-state index in [2.05, 4.69) is 10.3 Å². The molecule has 5 rings (SSSR count). The van der Waals surface area contributed by atoms with E-state index in [4.69, 9.17) is 24.2 Å². The third kappa shape index (κ3) is 8.59. The topological polar surface area (TPSA) is 186 Å². The summed E-state index contributed by atoms with van der Waals surface area (Å²) < 4.78 is 52.5. The number of rotatable bonds is 14. The molecule has 16 heteroatoms. The zero-order valence-corrected chi connectivity index (χ0v) is 29.6. The van der Waals surface area contributed by atoms with E-state index in [1.165, 1.54) is 27.4 Å². The Hall–Kier alpha value is -4.14. The molecule has 5 atom stereocenters. The number of aliphatic imine (C=N–C) groups is 1. The summed E-state index contributed by atoms with van der Waals surface area (Å²) in [6.45, 7) is 4.14. The smallest absolute Gasteiger partial charge is 0.407 e. The fourth-order valence-electron chi connectivity index (χ4n) is 6.66. The molecule has 1 amide bonds. The van der Waals surface area contributed by atoms with Gasteiger partial charge in [-0.1, -0.05) is 44.2 Å². The first-order valence-corrected chi connectivity index (χ1v) is 18.0. The molecule has 2 saturated heterocycles. The van der Waals surface area contributed by atoms with Crippen LogP contribution in [0.4, 0.5) is 4.79 Å². The van der Waals surface area contributed by atoms with Gasteiger partial charge in [0.05, 0.1) is 36.3 Å². The van der Waals surface area contributed by atoms with Gasteiger partial charge in [-0.05, 0) is 42.4 Å². The van der Waals surface area contributed by atoms with Crippen molar-refractivity contribution in [2.24, 2.45) is 16.3 Å². The Bertz CT molecular complexity index is 1670. The molecule has 0 aromatic heterocycles. The zero-order chi connectivity index (χ0) is 36.1. The van der Waals surface area contributed by atoms with Crippen LogP contribution in [0.3, 0.4) is 0 Å². The van der Waals surface area contributed by atoms with E-state index in [1.807, 2.05) is 50.4 Å². The number of nitrogens with one attached hydrogen (secondary N) is 1. The number of aliphatic hydroxyl groups is 1. The van der Waals surface area contributed by atoms with E-state index in [0.717, 1.165) is 5.56 Å². The van der Waals surface area contributed by atoms with Crippen LogP contribution in [0.1, 0.15) is 32.3 Å². The Kier molecular flexibility index (Phi) is 11.7. The van der Waals surface area contributed by atoms with Crippen molar-refractivity contribution in [3.63, 3.8) is 0 Å². The lowest BCUT2D eigenvalue weighted by Crippen LogP contribution is -2.58. The molecular weight excluding hydrogens is 668 g/mol. The minimum atomic E-state index is -4.27. The maximum Gasteiger partial charge on any atom is 0.407 e. The zero-order valence-electron chi connectivity index (χ0n) is 28.8. The van der Waals surface area contributed by atoms with Crippen molar-refractivity contribution in [2.45, 2.75) is 62.5 Å². The fraction of sp³-hybridized carbons (Fsp3) is 0.559. The van der Waals surface area contributed by atoms with Crippen molar-refractivity contribution in [3.8, 4) is 17.7 Å². The lowest BCUT2D eigenvalue weighted by atomic mass is 9.89. The number of benzene rings is 2. The molecular formula is C34H46N6O9S. The Morgan fingerprint density at radius 2 is 1.88 bits per heavy atom. The van der Waals surface area contributed by atoms with Gasteiger partial charge in [-0.2, -0.15) is 9.57 Å². The van der Waals surface area contributed by atoms with Crippen molar-refractivity contribution in [3.05, 3.63) is 54.1 Å². The standard InChI is InChI=1S/C34H46N6O9S/c1-34(2,13-14-36-32(37-21-35)38(3)4)20-39(50(44,45)24-10-11-29-30(17-24)49-22-48-29)18-28(41)26(16-23-8-6-5-7-9-23)40(33(42)43)27-19-47-31-25(27)12-15-46-31/h5-11,17,25-28,31,41H,12-16,18-20,22H2,1-4H3,(H,36,37)(H,42,43)/t25-,26-,27-,28+,31+/m0/s1. The molecule has 2 aromatic carbocycles. The molecule has 2 aromatic rings. The average molecular weight is 715 g/mol. The molecule has 3 heterocycles. The number of hydrogen-bond donors (Lipinski definition) is 3. The summed E-state index contributed by atoms with van der Waals surface area (Å²) in [7, 11) is -0.774. The maximum absolute atomic E-state index is 14.5. The Morgan fingerprint density at radius 1 is 1.14 bits per heavy atom. The van der Waals surface area contributed by atoms with Crippen LogP contribution in [0.2, 0.25) is 0 Å². The van der Waals surface area contributed by atoms with Crippen molar-refractivity contribution in [2.75, 3.05) is 53.7 Å². The largest absolute Gasteiger partial charge is 0.465 e. The molecule has 0 aliphatic carbocycles. The van der Waals surface area contributed by atoms with E-state index >= 15 is 0 Å².